The summed E-state index contributed by atoms with van der Waals surface area (Å²) >= 11 is 1.24. The molecule has 0 aliphatic carbocycles. The number of hydrogen-bond acceptors (Lipinski definition) is 7. The van der Waals surface area contributed by atoms with Gasteiger partial charge in [-0.25, -0.2) is 4.98 Å². The first kappa shape index (κ1) is 30.0. The lowest BCUT2D eigenvalue weighted by Crippen LogP contribution is -2.40. The molecule has 3 aromatic rings. The highest BCUT2D eigenvalue weighted by Gasteiger charge is 2.41. The summed E-state index contributed by atoms with van der Waals surface area (Å²) in [5.41, 5.74) is 6.36. The summed E-state index contributed by atoms with van der Waals surface area (Å²) in [6.07, 6.45) is 1.75. The van der Waals surface area contributed by atoms with Gasteiger partial charge in [0, 0.05) is 30.2 Å². The van der Waals surface area contributed by atoms with Crippen LogP contribution in [0.1, 0.15) is 46.4 Å². The van der Waals surface area contributed by atoms with E-state index in [0.29, 0.717) is 42.4 Å². The summed E-state index contributed by atoms with van der Waals surface area (Å²) in [6.45, 7) is 8.05. The second-order valence-electron chi connectivity index (χ2n) is 9.62. The zero-order valence-corrected chi connectivity index (χ0v) is 23.7. The lowest BCUT2D eigenvalue weighted by molar-refractivity contribution is -0.138. The van der Waals surface area contributed by atoms with Crippen LogP contribution in [0.2, 0.25) is 0 Å². The van der Waals surface area contributed by atoms with Gasteiger partial charge in [0.1, 0.15) is 27.8 Å². The molecule has 11 heteroatoms. The number of ether oxygens (including phenoxy) is 1. The van der Waals surface area contributed by atoms with E-state index in [0.717, 1.165) is 12.0 Å². The average molecular weight is 584 g/mol. The maximum Gasteiger partial charge on any atom is 0.422 e. The second-order valence-corrected chi connectivity index (χ2v) is 10.5. The van der Waals surface area contributed by atoms with E-state index >= 15 is 0 Å². The minimum atomic E-state index is -4.77. The van der Waals surface area contributed by atoms with Crippen LogP contribution >= 0.6 is 11.3 Å². The van der Waals surface area contributed by atoms with Crippen LogP contribution in [0.15, 0.2) is 65.1 Å². The number of amides is 1. The van der Waals surface area contributed by atoms with Crippen LogP contribution in [0.4, 0.5) is 24.5 Å². The van der Waals surface area contributed by atoms with Gasteiger partial charge in [0.15, 0.2) is 0 Å². The van der Waals surface area contributed by atoms with E-state index in [4.69, 9.17) is 10.5 Å². The number of aromatic nitrogens is 1. The molecule has 0 saturated carbocycles. The van der Waals surface area contributed by atoms with Gasteiger partial charge in [-0.05, 0) is 75.7 Å². The fraction of sp³-hybridized carbons (Fsp3) is 0.300. The Morgan fingerprint density at radius 1 is 1.29 bits per heavy atom. The van der Waals surface area contributed by atoms with Gasteiger partial charge in [-0.15, -0.1) is 11.3 Å². The van der Waals surface area contributed by atoms with E-state index in [1.807, 2.05) is 13.0 Å². The van der Waals surface area contributed by atoms with Crippen LogP contribution in [-0.2, 0) is 6.18 Å². The molecule has 7 nitrogen and oxygen atoms in total. The number of aryl methyl sites for hydroxylation is 1. The largest absolute Gasteiger partial charge is 0.456 e. The Balaban J connectivity index is 1.78. The van der Waals surface area contributed by atoms with Crippen LogP contribution in [0, 0.1) is 12.8 Å². The fourth-order valence-corrected chi connectivity index (χ4v) is 5.59. The van der Waals surface area contributed by atoms with Gasteiger partial charge in [0.2, 0.25) is 0 Å². The maximum atomic E-state index is 14.8. The topological polar surface area (TPSA) is 92.8 Å². The SMILES string of the molecule is C=N/C=C\C(=C/C)c1nc(C(=O)Nc2ccc(Oc3ccccc3C)c(C(F)(F)F)c2N2CCC[C@@H](CN)C2)cs1. The number of nitrogens with one attached hydrogen (secondary N) is 1. The van der Waals surface area contributed by atoms with Crippen molar-refractivity contribution in [1.29, 1.82) is 0 Å². The number of thiazole rings is 1. The van der Waals surface area contributed by atoms with Crippen molar-refractivity contribution < 1.29 is 22.7 Å². The first-order chi connectivity index (χ1) is 19.7. The molecule has 0 spiro atoms. The summed E-state index contributed by atoms with van der Waals surface area (Å²) in [6, 6.07) is 9.57. The predicted octanol–water partition coefficient (Wildman–Crippen LogP) is 7.31. The van der Waals surface area contributed by atoms with Crippen LogP contribution in [0.5, 0.6) is 11.5 Å². The van der Waals surface area contributed by atoms with Crippen molar-refractivity contribution in [2.24, 2.45) is 16.6 Å². The number of hydrogen-bond donors (Lipinski definition) is 2. The van der Waals surface area contributed by atoms with E-state index < -0.39 is 17.6 Å². The molecule has 1 fully saturated rings. The third-order valence-electron chi connectivity index (χ3n) is 6.81. The summed E-state index contributed by atoms with van der Waals surface area (Å²) in [5.74, 6) is -0.628. The molecule has 1 aromatic heterocycles. The number of piperidine rings is 1. The first-order valence-corrected chi connectivity index (χ1v) is 14.0. The summed E-state index contributed by atoms with van der Waals surface area (Å²) in [5, 5.41) is 4.83. The zero-order chi connectivity index (χ0) is 29.6. The number of anilines is 2. The second kappa shape index (κ2) is 13.1. The van der Waals surface area contributed by atoms with E-state index in [-0.39, 0.29) is 28.7 Å². The molecule has 2 aromatic carbocycles. The maximum absolute atomic E-state index is 14.8. The number of carbonyl (C=O) groups excluding carboxylic acids is 1. The number of aliphatic imine (C=N–C) groups is 1. The Kier molecular flexibility index (Phi) is 9.61. The normalized spacial score (nSPS) is 16.2. The standard InChI is InChI=1S/C30H32F3N5O2S/c1-4-21(13-14-35-3)29-37-23(18-41-29)28(39)36-22-11-12-25(40-24-10-6-5-8-19(24)2)26(30(31,32)33)27(22)38-15-7-9-20(16-34)17-38/h4-6,8,10-14,18,20H,3,7,9,15-17,34H2,1-2H3,(H,36,39)/b14-13-,21-4+/t20-/m0/s1. The van der Waals surface area contributed by atoms with Crippen molar-refractivity contribution in [3.8, 4) is 11.5 Å². The highest BCUT2D eigenvalue weighted by atomic mass is 32.1. The Morgan fingerprint density at radius 2 is 2.07 bits per heavy atom. The Hall–Kier alpha value is -3.96. The molecule has 1 atom stereocenters. The van der Waals surface area contributed by atoms with Crippen molar-refractivity contribution in [1.82, 2.24) is 4.98 Å². The van der Waals surface area contributed by atoms with E-state index in [1.165, 1.54) is 29.7 Å². The lowest BCUT2D eigenvalue weighted by atomic mass is 9.96. The van der Waals surface area contributed by atoms with Crippen molar-refractivity contribution in [3.63, 3.8) is 0 Å². The zero-order valence-electron chi connectivity index (χ0n) is 22.9. The number of para-hydroxylation sites is 1. The van der Waals surface area contributed by atoms with Crippen LogP contribution < -0.4 is 20.7 Å². The molecule has 2 heterocycles. The van der Waals surface area contributed by atoms with Gasteiger partial charge in [0.05, 0.1) is 11.4 Å². The van der Waals surface area contributed by atoms with E-state index in [2.05, 4.69) is 22.0 Å². The highest BCUT2D eigenvalue weighted by molar-refractivity contribution is 7.11. The fourth-order valence-electron chi connectivity index (χ4n) is 4.73. The molecule has 1 amide bonds. The number of halogens is 3. The molecule has 4 rings (SSSR count). The molecule has 0 unspecified atom stereocenters. The summed E-state index contributed by atoms with van der Waals surface area (Å²) < 4.78 is 50.4. The van der Waals surface area contributed by atoms with E-state index in [9.17, 15) is 18.0 Å². The molecular formula is C30H32F3N5O2S. The molecule has 0 radical (unpaired) electrons. The quantitative estimate of drug-likeness (QED) is 0.204. The smallest absolute Gasteiger partial charge is 0.422 e. The number of nitrogens with zero attached hydrogens (tertiary/aromatic N) is 3. The summed E-state index contributed by atoms with van der Waals surface area (Å²) in [4.78, 5) is 23.0. The Morgan fingerprint density at radius 3 is 2.76 bits per heavy atom. The third-order valence-corrected chi connectivity index (χ3v) is 7.70. The molecular weight excluding hydrogens is 551 g/mol. The first-order valence-electron chi connectivity index (χ1n) is 13.1. The third kappa shape index (κ3) is 7.04. The Labute approximate surface area is 241 Å². The minimum absolute atomic E-state index is 0.0211. The van der Waals surface area contributed by atoms with Crippen molar-refractivity contribution in [2.45, 2.75) is 32.9 Å². The molecule has 3 N–H and O–H groups in total. The highest BCUT2D eigenvalue weighted by Crippen LogP contribution is 2.48. The number of carbonyl (C=O) groups is 1. The van der Waals surface area contributed by atoms with Gasteiger partial charge in [-0.3, -0.25) is 9.79 Å². The molecule has 41 heavy (non-hydrogen) atoms. The molecule has 1 saturated heterocycles. The number of alkyl halides is 3. The number of nitrogens with two attached hydrogens (primary N) is 1. The number of benzene rings is 2. The van der Waals surface area contributed by atoms with Gasteiger partial charge in [-0.1, -0.05) is 24.3 Å². The molecule has 1 aliphatic heterocycles. The monoisotopic (exact) mass is 583 g/mol. The minimum Gasteiger partial charge on any atom is -0.456 e. The van der Waals surface area contributed by atoms with E-state index in [1.54, 1.807) is 47.5 Å². The lowest BCUT2D eigenvalue weighted by Gasteiger charge is -2.37. The van der Waals surface area contributed by atoms with Gasteiger partial charge < -0.3 is 20.7 Å². The van der Waals surface area contributed by atoms with Crippen molar-refractivity contribution in [3.05, 3.63) is 82.0 Å². The van der Waals surface area contributed by atoms with Crippen LogP contribution in [-0.4, -0.2) is 37.2 Å². The van der Waals surface area contributed by atoms with Crippen molar-refractivity contribution in [2.75, 3.05) is 29.9 Å². The predicted molar refractivity (Wildman–Crippen MR) is 159 cm³/mol. The van der Waals surface area contributed by atoms with Gasteiger partial charge >= 0.3 is 6.18 Å². The average Bonchev–Trinajstić information content (AvgIpc) is 3.45. The van der Waals surface area contributed by atoms with Crippen molar-refractivity contribution >= 4 is 40.9 Å². The molecule has 216 valence electrons. The molecule has 1 aliphatic rings. The Bertz CT molecular complexity index is 1460. The number of allylic oxidation sites excluding steroid dienone is 3. The van der Waals surface area contributed by atoms with Gasteiger partial charge in [0.25, 0.3) is 5.91 Å². The molecule has 0 bridgehead atoms. The summed E-state index contributed by atoms with van der Waals surface area (Å²) in [7, 11) is 0. The van der Waals surface area contributed by atoms with Gasteiger partial charge in [-0.2, -0.15) is 13.2 Å². The van der Waals surface area contributed by atoms with Crippen LogP contribution in [0.3, 0.4) is 0 Å². The number of rotatable bonds is 9. The van der Waals surface area contributed by atoms with Crippen LogP contribution in [0.25, 0.3) is 5.57 Å².